The van der Waals surface area contributed by atoms with Gasteiger partial charge >= 0.3 is 0 Å². The number of nitrogens with one attached hydrogen (secondary N) is 1. The molecule has 0 saturated carbocycles. The zero-order valence-corrected chi connectivity index (χ0v) is 16.6. The second-order valence-electron chi connectivity index (χ2n) is 6.92. The van der Waals surface area contributed by atoms with Crippen molar-refractivity contribution in [3.05, 3.63) is 51.9 Å². The SMILES string of the molecule is C[C@H](CC(=O)Nc1sc2c(c1C#N)CCN(C(=O)CCO)C2)c1ccccc1. The molecule has 146 valence electrons. The molecule has 2 N–H and O–H groups in total. The Kier molecular flexibility index (Phi) is 6.45. The van der Waals surface area contributed by atoms with Gasteiger partial charge in [-0.2, -0.15) is 5.26 Å². The van der Waals surface area contributed by atoms with Crippen molar-refractivity contribution >= 4 is 28.2 Å². The summed E-state index contributed by atoms with van der Waals surface area (Å²) in [4.78, 5) is 27.2. The van der Waals surface area contributed by atoms with E-state index in [1.807, 2.05) is 37.3 Å². The molecule has 0 spiro atoms. The maximum atomic E-state index is 12.5. The summed E-state index contributed by atoms with van der Waals surface area (Å²) in [7, 11) is 0. The van der Waals surface area contributed by atoms with Crippen LogP contribution in [0.15, 0.2) is 30.3 Å². The van der Waals surface area contributed by atoms with Gasteiger partial charge in [-0.1, -0.05) is 37.3 Å². The fraction of sp³-hybridized carbons (Fsp3) is 0.381. The van der Waals surface area contributed by atoms with Crippen molar-refractivity contribution in [2.75, 3.05) is 18.5 Å². The van der Waals surface area contributed by atoms with E-state index in [4.69, 9.17) is 5.11 Å². The number of rotatable bonds is 6. The molecule has 7 heteroatoms. The summed E-state index contributed by atoms with van der Waals surface area (Å²) in [5.41, 5.74) is 2.53. The lowest BCUT2D eigenvalue weighted by Gasteiger charge is -2.26. The summed E-state index contributed by atoms with van der Waals surface area (Å²) in [6.45, 7) is 2.78. The first-order valence-electron chi connectivity index (χ1n) is 9.31. The van der Waals surface area contributed by atoms with E-state index in [0.717, 1.165) is 16.0 Å². The summed E-state index contributed by atoms with van der Waals surface area (Å²) in [6.07, 6.45) is 1.02. The lowest BCUT2D eigenvalue weighted by molar-refractivity contribution is -0.132. The number of hydrogen-bond acceptors (Lipinski definition) is 5. The van der Waals surface area contributed by atoms with E-state index in [9.17, 15) is 14.9 Å². The lowest BCUT2D eigenvalue weighted by Crippen LogP contribution is -2.35. The van der Waals surface area contributed by atoms with E-state index in [0.29, 0.717) is 36.5 Å². The van der Waals surface area contributed by atoms with Crippen LogP contribution in [-0.2, 0) is 22.6 Å². The minimum absolute atomic E-state index is 0.0768. The van der Waals surface area contributed by atoms with E-state index in [-0.39, 0.29) is 30.8 Å². The van der Waals surface area contributed by atoms with E-state index < -0.39 is 0 Å². The van der Waals surface area contributed by atoms with Gasteiger partial charge < -0.3 is 15.3 Å². The minimum atomic E-state index is -0.170. The number of benzene rings is 1. The molecule has 1 aliphatic rings. The van der Waals surface area contributed by atoms with Gasteiger partial charge in [0.2, 0.25) is 11.8 Å². The Labute approximate surface area is 168 Å². The Balaban J connectivity index is 1.71. The summed E-state index contributed by atoms with van der Waals surface area (Å²) in [5.74, 6) is -0.144. The Morgan fingerprint density at radius 1 is 1.36 bits per heavy atom. The molecule has 0 aliphatic carbocycles. The smallest absolute Gasteiger partial charge is 0.225 e. The number of anilines is 1. The molecule has 1 aromatic carbocycles. The van der Waals surface area contributed by atoms with Gasteiger partial charge in [-0.15, -0.1) is 11.3 Å². The summed E-state index contributed by atoms with van der Waals surface area (Å²) >= 11 is 1.37. The largest absolute Gasteiger partial charge is 0.396 e. The van der Waals surface area contributed by atoms with Gasteiger partial charge in [0.15, 0.2) is 0 Å². The van der Waals surface area contributed by atoms with E-state index in [2.05, 4.69) is 11.4 Å². The Bertz CT molecular complexity index is 902. The number of hydrogen-bond donors (Lipinski definition) is 2. The number of fused-ring (bicyclic) bond motifs is 1. The third kappa shape index (κ3) is 4.41. The lowest BCUT2D eigenvalue weighted by atomic mass is 9.97. The Morgan fingerprint density at radius 2 is 2.11 bits per heavy atom. The van der Waals surface area contributed by atoms with Crippen LogP contribution in [0.25, 0.3) is 0 Å². The van der Waals surface area contributed by atoms with Gasteiger partial charge in [0.05, 0.1) is 18.7 Å². The van der Waals surface area contributed by atoms with Crippen LogP contribution in [-0.4, -0.2) is 35.0 Å². The fourth-order valence-corrected chi connectivity index (χ4v) is 4.66. The molecule has 1 atom stereocenters. The molecule has 28 heavy (non-hydrogen) atoms. The number of nitriles is 1. The third-order valence-electron chi connectivity index (χ3n) is 4.96. The molecule has 1 aliphatic heterocycles. The summed E-state index contributed by atoms with van der Waals surface area (Å²) in [5, 5.41) is 22.0. The van der Waals surface area contributed by atoms with Crippen LogP contribution < -0.4 is 5.32 Å². The molecule has 2 aromatic rings. The van der Waals surface area contributed by atoms with Crippen molar-refractivity contribution in [3.8, 4) is 6.07 Å². The highest BCUT2D eigenvalue weighted by atomic mass is 32.1. The number of amides is 2. The van der Waals surface area contributed by atoms with E-state index in [1.54, 1.807) is 4.90 Å². The minimum Gasteiger partial charge on any atom is -0.396 e. The predicted octanol–water partition coefficient (Wildman–Crippen LogP) is 3.02. The van der Waals surface area contributed by atoms with Gasteiger partial charge in [-0.05, 0) is 23.5 Å². The van der Waals surface area contributed by atoms with Gasteiger partial charge in [0.1, 0.15) is 11.1 Å². The third-order valence-corrected chi connectivity index (χ3v) is 6.09. The molecule has 0 unspecified atom stereocenters. The topological polar surface area (TPSA) is 93.4 Å². The molecular weight excluding hydrogens is 374 g/mol. The standard InChI is InChI=1S/C21H23N3O3S/c1-14(15-5-3-2-4-6-15)11-19(26)23-21-17(12-22)16-7-9-24(13-18(16)28-21)20(27)8-10-25/h2-6,14,25H,7-11,13H2,1H3,(H,23,26)/t14-/m1/s1. The Hall–Kier alpha value is -2.69. The number of nitrogens with zero attached hydrogens (tertiary/aromatic N) is 2. The predicted molar refractivity (Wildman–Crippen MR) is 108 cm³/mol. The molecule has 0 fully saturated rings. The van der Waals surface area contributed by atoms with Crippen LogP contribution in [0.2, 0.25) is 0 Å². The zero-order chi connectivity index (χ0) is 20.1. The highest BCUT2D eigenvalue weighted by molar-refractivity contribution is 7.16. The Morgan fingerprint density at radius 3 is 2.79 bits per heavy atom. The molecule has 0 bridgehead atoms. The van der Waals surface area contributed by atoms with Crippen molar-refractivity contribution in [2.24, 2.45) is 0 Å². The van der Waals surface area contributed by atoms with Crippen molar-refractivity contribution in [1.29, 1.82) is 5.26 Å². The van der Waals surface area contributed by atoms with Gasteiger partial charge in [0.25, 0.3) is 0 Å². The number of carbonyl (C=O) groups excluding carboxylic acids is 2. The average Bonchev–Trinajstić information content (AvgIpc) is 3.04. The molecule has 2 amide bonds. The number of carbonyl (C=O) groups is 2. The first-order chi connectivity index (χ1) is 13.5. The van der Waals surface area contributed by atoms with Crippen LogP contribution in [0.1, 0.15) is 47.3 Å². The number of thiophene rings is 1. The van der Waals surface area contributed by atoms with Crippen LogP contribution in [0.5, 0.6) is 0 Å². The van der Waals surface area contributed by atoms with Crippen LogP contribution in [0.4, 0.5) is 5.00 Å². The first kappa shape index (κ1) is 20.1. The molecule has 1 aromatic heterocycles. The van der Waals surface area contributed by atoms with Crippen molar-refractivity contribution in [1.82, 2.24) is 4.90 Å². The van der Waals surface area contributed by atoms with E-state index >= 15 is 0 Å². The highest BCUT2D eigenvalue weighted by Crippen LogP contribution is 2.37. The monoisotopic (exact) mass is 397 g/mol. The quantitative estimate of drug-likeness (QED) is 0.783. The first-order valence-corrected chi connectivity index (χ1v) is 10.1. The van der Waals surface area contributed by atoms with Crippen LogP contribution in [0, 0.1) is 11.3 Å². The second-order valence-corrected chi connectivity index (χ2v) is 8.03. The molecule has 2 heterocycles. The highest BCUT2D eigenvalue weighted by Gasteiger charge is 2.27. The molecule has 6 nitrogen and oxygen atoms in total. The van der Waals surface area contributed by atoms with Crippen molar-refractivity contribution in [3.63, 3.8) is 0 Å². The van der Waals surface area contributed by atoms with Gasteiger partial charge in [-0.25, -0.2) is 0 Å². The maximum Gasteiger partial charge on any atom is 0.225 e. The molecule has 3 rings (SSSR count). The van der Waals surface area contributed by atoms with Gasteiger partial charge in [0, 0.05) is 24.3 Å². The summed E-state index contributed by atoms with van der Waals surface area (Å²) in [6, 6.07) is 12.1. The van der Waals surface area contributed by atoms with Crippen molar-refractivity contribution < 1.29 is 14.7 Å². The number of aliphatic hydroxyl groups excluding tert-OH is 1. The normalized spacial score (nSPS) is 14.1. The van der Waals surface area contributed by atoms with E-state index in [1.165, 1.54) is 11.3 Å². The molecular formula is C21H23N3O3S. The maximum absolute atomic E-state index is 12.5. The number of aliphatic hydroxyl groups is 1. The zero-order valence-electron chi connectivity index (χ0n) is 15.8. The van der Waals surface area contributed by atoms with Crippen LogP contribution >= 0.6 is 11.3 Å². The average molecular weight is 398 g/mol. The summed E-state index contributed by atoms with van der Waals surface area (Å²) < 4.78 is 0. The van der Waals surface area contributed by atoms with Crippen molar-refractivity contribution in [2.45, 2.75) is 38.6 Å². The molecule has 0 saturated heterocycles. The van der Waals surface area contributed by atoms with Gasteiger partial charge in [-0.3, -0.25) is 9.59 Å². The fourth-order valence-electron chi connectivity index (χ4n) is 3.43. The molecule has 0 radical (unpaired) electrons. The van der Waals surface area contributed by atoms with Crippen LogP contribution in [0.3, 0.4) is 0 Å². The second kappa shape index (κ2) is 9.00.